The molecule has 2 saturated heterocycles. The van der Waals surface area contributed by atoms with Crippen LogP contribution in [0.15, 0.2) is 0 Å². The van der Waals surface area contributed by atoms with Gasteiger partial charge >= 0.3 is 11.9 Å². The molecule has 45 heavy (non-hydrogen) atoms. The van der Waals surface area contributed by atoms with E-state index in [1.54, 1.807) is 0 Å². The quantitative estimate of drug-likeness (QED) is 0.210. The predicted octanol–water partition coefficient (Wildman–Crippen LogP) is 4.56. The number of carboxylic acids is 2. The zero-order chi connectivity index (χ0) is 33.7. The Bertz CT molecular complexity index is 1290. The first kappa shape index (κ1) is 34.1. The number of ether oxygens (including phenoxy) is 4. The maximum atomic E-state index is 12.7. The van der Waals surface area contributed by atoms with Gasteiger partial charge in [-0.05, 0) is 55.8 Å². The molecule has 2 N–H and O–H groups in total. The van der Waals surface area contributed by atoms with Gasteiger partial charge in [-0.25, -0.2) is 0 Å². The first-order chi connectivity index (χ1) is 20.8. The fourth-order valence-electron chi connectivity index (χ4n) is 14.1. The standard InChI is InChI=1S/C34H52B2O8S/c1-11-29(12-2)21(25(37)38)23-28(10,32(23,29)18(8)45)44-20-15-42-33(35)19(14-41-34(20,33)36)43-27(9)24-22(26(39)40)30(13-3,16(4)5)31(24,27)17(6)7/h16-24,45H,11-15H2,1-10H3,(H,37,38)(H,39,40)/t18?,19?,20?,21?,22?,23?,24?,27?,28?,30?,31?,32?,33-,34-/m1/s1. The van der Waals surface area contributed by atoms with Gasteiger partial charge in [0, 0.05) is 27.9 Å². The molecule has 0 spiro atoms. The summed E-state index contributed by atoms with van der Waals surface area (Å²) in [5, 5.41) is 20.7. The van der Waals surface area contributed by atoms with Gasteiger partial charge < -0.3 is 29.2 Å². The molecule has 12 unspecified atom stereocenters. The number of hydrogen-bond acceptors (Lipinski definition) is 7. The molecule has 6 fully saturated rings. The lowest BCUT2D eigenvalue weighted by Crippen LogP contribution is -2.61. The topological polar surface area (TPSA) is 112 Å². The van der Waals surface area contributed by atoms with E-state index in [-0.39, 0.29) is 47.6 Å². The Balaban J connectivity index is 1.29. The predicted molar refractivity (Wildman–Crippen MR) is 173 cm³/mol. The van der Waals surface area contributed by atoms with E-state index in [1.165, 1.54) is 0 Å². The molecule has 0 aromatic heterocycles. The first-order valence-electron chi connectivity index (χ1n) is 17.1. The van der Waals surface area contributed by atoms with Gasteiger partial charge in [-0.1, -0.05) is 55.4 Å². The van der Waals surface area contributed by atoms with Crippen molar-refractivity contribution in [3.05, 3.63) is 0 Å². The average molecular weight is 642 g/mol. The number of carbonyl (C=O) groups is 2. The highest BCUT2D eigenvalue weighted by molar-refractivity contribution is 7.81. The molecule has 6 rings (SSSR count). The minimum atomic E-state index is -1.55. The van der Waals surface area contributed by atoms with Crippen LogP contribution in [0.1, 0.15) is 88.5 Å². The van der Waals surface area contributed by atoms with Crippen molar-refractivity contribution in [1.29, 1.82) is 0 Å². The largest absolute Gasteiger partial charge is 0.481 e. The third-order valence-electron chi connectivity index (χ3n) is 15.3. The van der Waals surface area contributed by atoms with E-state index in [4.69, 9.17) is 47.3 Å². The summed E-state index contributed by atoms with van der Waals surface area (Å²) in [4.78, 5) is 25.3. The van der Waals surface area contributed by atoms with E-state index in [2.05, 4.69) is 48.5 Å². The summed E-state index contributed by atoms with van der Waals surface area (Å²) in [5.74, 6) is -2.75. The molecule has 0 aromatic carbocycles. The Morgan fingerprint density at radius 3 is 1.53 bits per heavy atom. The van der Waals surface area contributed by atoms with Crippen LogP contribution in [0.3, 0.4) is 0 Å². The Kier molecular flexibility index (Phi) is 7.36. The second-order valence-corrected chi connectivity index (χ2v) is 17.0. The van der Waals surface area contributed by atoms with Gasteiger partial charge in [-0.2, -0.15) is 12.6 Å². The van der Waals surface area contributed by atoms with E-state index >= 15 is 0 Å². The Morgan fingerprint density at radius 1 is 0.778 bits per heavy atom. The summed E-state index contributed by atoms with van der Waals surface area (Å²) in [6, 6.07) is 0. The van der Waals surface area contributed by atoms with Gasteiger partial charge in [0.25, 0.3) is 0 Å². The van der Waals surface area contributed by atoms with E-state index in [0.717, 1.165) is 6.42 Å². The molecule has 11 heteroatoms. The van der Waals surface area contributed by atoms with Crippen molar-refractivity contribution in [3.8, 4) is 0 Å². The molecule has 2 heterocycles. The van der Waals surface area contributed by atoms with Crippen LogP contribution < -0.4 is 0 Å². The molecule has 0 amide bonds. The number of fused-ring (bicyclic) bond motifs is 3. The van der Waals surface area contributed by atoms with Crippen molar-refractivity contribution < 1.29 is 38.7 Å². The number of thiol groups is 1. The van der Waals surface area contributed by atoms with Crippen molar-refractivity contribution in [2.45, 2.75) is 128 Å². The molecule has 6 aliphatic rings. The first-order valence-corrected chi connectivity index (χ1v) is 17.6. The summed E-state index contributed by atoms with van der Waals surface area (Å²) in [6.45, 7) is 21.0. The molecule has 2 aliphatic heterocycles. The SMILES string of the molecule is [B][C@]12OCC(OC3(C)C4C(C(=O)O)C(CC)(C(C)C)C43C(C)C)[C@@]1([B])OCC2OC1(C)C2C(C(=O)O)C(CC)(CC)C21C(C)S. The maximum absolute atomic E-state index is 12.7. The summed E-state index contributed by atoms with van der Waals surface area (Å²) >= 11 is 4.92. The zero-order valence-electron chi connectivity index (χ0n) is 28.7. The van der Waals surface area contributed by atoms with Crippen molar-refractivity contribution in [3.63, 3.8) is 0 Å². The maximum Gasteiger partial charge on any atom is 0.307 e. The molecule has 4 aliphatic carbocycles. The minimum Gasteiger partial charge on any atom is -0.481 e. The summed E-state index contributed by atoms with van der Waals surface area (Å²) in [6.07, 6.45) is 0.617. The molecular weight excluding hydrogens is 590 g/mol. The van der Waals surface area contributed by atoms with E-state index < -0.39 is 74.4 Å². The molecular formula is C34H52B2O8S. The third kappa shape index (κ3) is 3.14. The molecule has 4 radical (unpaired) electrons. The zero-order valence-corrected chi connectivity index (χ0v) is 29.6. The Hall–Kier alpha value is -0.740. The smallest absolute Gasteiger partial charge is 0.307 e. The van der Waals surface area contributed by atoms with Crippen molar-refractivity contribution in [2.75, 3.05) is 13.2 Å². The van der Waals surface area contributed by atoms with E-state index in [9.17, 15) is 19.8 Å². The molecule has 0 aromatic rings. The van der Waals surface area contributed by atoms with Crippen LogP contribution in [-0.4, -0.2) is 90.7 Å². The number of aliphatic carboxylic acids is 2. The average Bonchev–Trinajstić information content (AvgIpc) is 3.47. The van der Waals surface area contributed by atoms with Crippen molar-refractivity contribution in [1.82, 2.24) is 0 Å². The van der Waals surface area contributed by atoms with Gasteiger partial charge in [0.1, 0.15) is 27.9 Å². The van der Waals surface area contributed by atoms with E-state index in [0.29, 0.717) is 12.8 Å². The lowest BCUT2D eigenvalue weighted by Gasteiger charge is -2.58. The monoisotopic (exact) mass is 642 g/mol. The van der Waals surface area contributed by atoms with Gasteiger partial charge in [-0.3, -0.25) is 9.59 Å². The molecule has 248 valence electrons. The molecule has 4 saturated carbocycles. The number of carboxylic acid groups (broad SMARTS) is 2. The Labute approximate surface area is 277 Å². The number of rotatable bonds is 12. The van der Waals surface area contributed by atoms with Crippen molar-refractivity contribution >= 4 is 40.3 Å². The molecule has 8 nitrogen and oxygen atoms in total. The Morgan fingerprint density at radius 2 is 1.20 bits per heavy atom. The van der Waals surface area contributed by atoms with E-state index in [1.807, 2.05) is 20.8 Å². The lowest BCUT2D eigenvalue weighted by molar-refractivity contribution is -0.184. The van der Waals surface area contributed by atoms with Gasteiger partial charge in [0.05, 0.1) is 47.3 Å². The van der Waals surface area contributed by atoms with Crippen LogP contribution in [0, 0.1) is 57.2 Å². The minimum absolute atomic E-state index is 0.0628. The van der Waals surface area contributed by atoms with Gasteiger partial charge in [0.2, 0.25) is 0 Å². The van der Waals surface area contributed by atoms with Crippen molar-refractivity contribution in [2.24, 2.45) is 57.2 Å². The van der Waals surface area contributed by atoms with Crippen LogP contribution in [0.5, 0.6) is 0 Å². The van der Waals surface area contributed by atoms with Crippen LogP contribution in [0.4, 0.5) is 0 Å². The molecule has 0 bridgehead atoms. The highest BCUT2D eigenvalue weighted by atomic mass is 32.1. The lowest BCUT2D eigenvalue weighted by atomic mass is 9.44. The van der Waals surface area contributed by atoms with Gasteiger partial charge in [0.15, 0.2) is 0 Å². The summed E-state index contributed by atoms with van der Waals surface area (Å²) in [5.41, 5.74) is -6.36. The van der Waals surface area contributed by atoms with Crippen LogP contribution >= 0.6 is 12.6 Å². The van der Waals surface area contributed by atoms with Crippen LogP contribution in [0.25, 0.3) is 0 Å². The van der Waals surface area contributed by atoms with Crippen LogP contribution in [-0.2, 0) is 28.5 Å². The molecule has 14 atom stereocenters. The summed E-state index contributed by atoms with van der Waals surface area (Å²) < 4.78 is 26.5. The second-order valence-electron chi connectivity index (χ2n) is 16.2. The highest BCUT2D eigenvalue weighted by Gasteiger charge is 2.97. The van der Waals surface area contributed by atoms with Gasteiger partial charge in [-0.15, -0.1) is 0 Å². The highest BCUT2D eigenvalue weighted by Crippen LogP contribution is 2.92. The van der Waals surface area contributed by atoms with Crippen LogP contribution in [0.2, 0.25) is 0 Å². The summed E-state index contributed by atoms with van der Waals surface area (Å²) in [7, 11) is 14.1. The second kappa shape index (κ2) is 9.70. The fourth-order valence-corrected chi connectivity index (χ4v) is 14.7. The third-order valence-corrected chi connectivity index (χ3v) is 15.7. The fraction of sp³-hybridized carbons (Fsp3) is 0.941. The number of hydrogen-bond donors (Lipinski definition) is 3. The normalized spacial score (nSPS) is 54.1.